The lowest BCUT2D eigenvalue weighted by molar-refractivity contribution is 0.0342. The van der Waals surface area contributed by atoms with Gasteiger partial charge in [0.05, 0.1) is 30.2 Å². The summed E-state index contributed by atoms with van der Waals surface area (Å²) in [5, 5.41) is 20.6. The zero-order chi connectivity index (χ0) is 24.1. The van der Waals surface area contributed by atoms with Gasteiger partial charge in [-0.3, -0.25) is 19.6 Å². The summed E-state index contributed by atoms with van der Waals surface area (Å²) in [5.74, 6) is -0.540. The van der Waals surface area contributed by atoms with Gasteiger partial charge in [0.25, 0.3) is 5.91 Å². The lowest BCUT2D eigenvalue weighted by atomic mass is 9.99. The lowest BCUT2D eigenvalue weighted by Crippen LogP contribution is -2.35. The monoisotopic (exact) mass is 484 g/mol. The first-order valence-electron chi connectivity index (χ1n) is 11.5. The van der Waals surface area contributed by atoms with Crippen LogP contribution in [0.15, 0.2) is 41.2 Å². The topological polar surface area (TPSA) is 108 Å². The highest BCUT2D eigenvalue weighted by atomic mass is 35.5. The lowest BCUT2D eigenvalue weighted by Gasteiger charge is -2.27. The number of halogens is 1. The van der Waals surface area contributed by atoms with E-state index in [9.17, 15) is 14.7 Å². The molecule has 1 amide bonds. The van der Waals surface area contributed by atoms with E-state index in [4.69, 9.17) is 16.3 Å². The molecule has 0 spiro atoms. The number of aryl methyl sites for hydroxylation is 1. The van der Waals surface area contributed by atoms with E-state index in [1.807, 2.05) is 18.2 Å². The van der Waals surface area contributed by atoms with Crippen LogP contribution in [0, 0.1) is 0 Å². The number of rotatable bonds is 8. The third kappa shape index (κ3) is 6.01. The summed E-state index contributed by atoms with van der Waals surface area (Å²) in [6.45, 7) is 5.70. The fourth-order valence-electron chi connectivity index (χ4n) is 4.06. The Morgan fingerprint density at radius 2 is 1.97 bits per heavy atom. The van der Waals surface area contributed by atoms with Crippen LogP contribution in [0.3, 0.4) is 0 Å². The summed E-state index contributed by atoms with van der Waals surface area (Å²) < 4.78 is 5.43. The molecule has 1 aliphatic rings. The molecular weight excluding hydrogens is 456 g/mol. The van der Waals surface area contributed by atoms with E-state index in [1.54, 1.807) is 19.1 Å². The maximum Gasteiger partial charge on any atom is 0.276 e. The van der Waals surface area contributed by atoms with Crippen LogP contribution < -0.4 is 10.7 Å². The van der Waals surface area contributed by atoms with Crippen molar-refractivity contribution in [1.82, 2.24) is 20.4 Å². The van der Waals surface area contributed by atoms with Crippen molar-refractivity contribution in [3.8, 4) is 0 Å². The molecule has 180 valence electrons. The minimum absolute atomic E-state index is 0.175. The van der Waals surface area contributed by atoms with Gasteiger partial charge in [-0.1, -0.05) is 29.8 Å². The van der Waals surface area contributed by atoms with Crippen LogP contribution in [-0.2, 0) is 24.2 Å². The number of carbonyl (C=O) groups is 1. The van der Waals surface area contributed by atoms with Gasteiger partial charge >= 0.3 is 0 Å². The molecule has 1 aromatic heterocycles. The van der Waals surface area contributed by atoms with Crippen LogP contribution in [0.25, 0.3) is 10.9 Å². The molecule has 0 aliphatic carbocycles. The standard InChI is InChI=1S/C25H29ClN4O4/c1-16(31)2-5-19-12-18(15-30-8-10-34-11-9-30)13-21-22(19)28-29-23(24(21)32)25(33)27-14-17-3-6-20(26)7-4-17/h3-4,6-7,12-13,16,31H,2,5,8-11,14-15H2,1H3,(H,27,33)(H,28,32). The van der Waals surface area contributed by atoms with Crippen molar-refractivity contribution in [1.29, 1.82) is 0 Å². The molecule has 0 radical (unpaired) electrons. The second-order valence-corrected chi connectivity index (χ2v) is 9.10. The summed E-state index contributed by atoms with van der Waals surface area (Å²) >= 11 is 5.91. The first-order valence-corrected chi connectivity index (χ1v) is 11.8. The number of amides is 1. The number of H-pyrrole nitrogens is 1. The van der Waals surface area contributed by atoms with Crippen molar-refractivity contribution in [2.24, 2.45) is 0 Å². The smallest absolute Gasteiger partial charge is 0.276 e. The van der Waals surface area contributed by atoms with Crippen LogP contribution in [0.5, 0.6) is 0 Å². The van der Waals surface area contributed by atoms with Crippen molar-refractivity contribution in [3.63, 3.8) is 0 Å². The zero-order valence-electron chi connectivity index (χ0n) is 19.1. The minimum Gasteiger partial charge on any atom is -0.393 e. The molecule has 34 heavy (non-hydrogen) atoms. The number of carbonyl (C=O) groups excluding carboxylic acids is 1. The van der Waals surface area contributed by atoms with Crippen LogP contribution >= 0.6 is 11.6 Å². The summed E-state index contributed by atoms with van der Waals surface area (Å²) in [7, 11) is 0. The van der Waals surface area contributed by atoms with Crippen molar-refractivity contribution in [3.05, 3.63) is 74.0 Å². The average Bonchev–Trinajstić information content (AvgIpc) is 2.83. The van der Waals surface area contributed by atoms with Gasteiger partial charge in [0.2, 0.25) is 5.43 Å². The predicted molar refractivity (Wildman–Crippen MR) is 131 cm³/mol. The molecule has 1 fully saturated rings. The number of morpholine rings is 1. The molecule has 8 nitrogen and oxygen atoms in total. The van der Waals surface area contributed by atoms with Gasteiger partial charge in [-0.25, -0.2) is 0 Å². The number of fused-ring (bicyclic) bond motifs is 1. The van der Waals surface area contributed by atoms with Crippen LogP contribution in [-0.4, -0.2) is 58.5 Å². The number of nitrogens with zero attached hydrogens (tertiary/aromatic N) is 2. The maximum atomic E-state index is 13.3. The molecular formula is C25H29ClN4O4. The Morgan fingerprint density at radius 1 is 1.24 bits per heavy atom. The van der Waals surface area contributed by atoms with E-state index in [2.05, 4.69) is 26.5 Å². The molecule has 9 heteroatoms. The van der Waals surface area contributed by atoms with E-state index < -0.39 is 17.4 Å². The second-order valence-electron chi connectivity index (χ2n) is 8.66. The van der Waals surface area contributed by atoms with Crippen LogP contribution in [0.4, 0.5) is 0 Å². The number of nitrogens with one attached hydrogen (secondary N) is 2. The first-order chi connectivity index (χ1) is 16.4. The van der Waals surface area contributed by atoms with Crippen molar-refractivity contribution in [2.45, 2.75) is 39.0 Å². The summed E-state index contributed by atoms with van der Waals surface area (Å²) in [5.41, 5.74) is 2.77. The molecule has 1 unspecified atom stereocenters. The quantitative estimate of drug-likeness (QED) is 0.453. The van der Waals surface area contributed by atoms with Gasteiger partial charge in [-0.2, -0.15) is 5.10 Å². The second kappa shape index (κ2) is 11.1. The van der Waals surface area contributed by atoms with Crippen molar-refractivity contribution >= 4 is 28.4 Å². The number of aliphatic hydroxyl groups excluding tert-OH is 1. The number of aliphatic hydroxyl groups is 1. The third-order valence-corrected chi connectivity index (χ3v) is 6.19. The molecule has 2 aromatic carbocycles. The SMILES string of the molecule is CC(O)CCc1cc(CN2CCOCC2)cc2c(=O)c(C(=O)NCc3ccc(Cl)cc3)n[nH]c12. The molecule has 2 heterocycles. The number of hydrogen-bond acceptors (Lipinski definition) is 6. The Hall–Kier alpha value is -2.78. The summed E-state index contributed by atoms with van der Waals surface area (Å²) in [6, 6.07) is 11.0. The molecule has 1 aliphatic heterocycles. The number of hydrogen-bond donors (Lipinski definition) is 3. The van der Waals surface area contributed by atoms with E-state index in [0.717, 1.165) is 29.8 Å². The zero-order valence-corrected chi connectivity index (χ0v) is 19.9. The van der Waals surface area contributed by atoms with E-state index in [0.29, 0.717) is 48.5 Å². The Morgan fingerprint density at radius 3 is 2.68 bits per heavy atom. The predicted octanol–water partition coefficient (Wildman–Crippen LogP) is 2.65. The Labute approximate surface area is 202 Å². The fraction of sp³-hybridized carbons (Fsp3) is 0.400. The van der Waals surface area contributed by atoms with Gasteiger partial charge in [0.15, 0.2) is 5.69 Å². The molecule has 4 rings (SSSR count). The average molecular weight is 485 g/mol. The van der Waals surface area contributed by atoms with Gasteiger partial charge in [-0.05, 0) is 54.7 Å². The Balaban J connectivity index is 1.63. The van der Waals surface area contributed by atoms with Gasteiger partial charge < -0.3 is 15.2 Å². The molecule has 1 atom stereocenters. The Bertz CT molecular complexity index is 1200. The van der Waals surface area contributed by atoms with Crippen LogP contribution in [0.1, 0.15) is 40.5 Å². The molecule has 3 N–H and O–H groups in total. The largest absolute Gasteiger partial charge is 0.393 e. The molecule has 0 saturated carbocycles. The summed E-state index contributed by atoms with van der Waals surface area (Å²) in [6.07, 6.45) is 0.683. The number of aromatic nitrogens is 2. The number of aromatic amines is 1. The number of benzene rings is 2. The first kappa shape index (κ1) is 24.3. The molecule has 3 aromatic rings. The van der Waals surface area contributed by atoms with Crippen LogP contribution in [0.2, 0.25) is 5.02 Å². The van der Waals surface area contributed by atoms with E-state index in [-0.39, 0.29) is 12.2 Å². The summed E-state index contributed by atoms with van der Waals surface area (Å²) in [4.78, 5) is 28.4. The maximum absolute atomic E-state index is 13.3. The van der Waals surface area contributed by atoms with Gasteiger partial charge in [0.1, 0.15) is 0 Å². The highest BCUT2D eigenvalue weighted by Gasteiger charge is 2.19. The minimum atomic E-state index is -0.540. The molecule has 0 bridgehead atoms. The van der Waals surface area contributed by atoms with Gasteiger partial charge in [-0.15, -0.1) is 0 Å². The molecule has 1 saturated heterocycles. The normalized spacial score (nSPS) is 15.4. The van der Waals surface area contributed by atoms with Gasteiger partial charge in [0, 0.05) is 31.2 Å². The fourth-order valence-corrected chi connectivity index (χ4v) is 4.19. The van der Waals surface area contributed by atoms with Crippen molar-refractivity contribution < 1.29 is 14.6 Å². The highest BCUT2D eigenvalue weighted by molar-refractivity contribution is 6.30. The number of ether oxygens (including phenoxy) is 1. The third-order valence-electron chi connectivity index (χ3n) is 5.94. The van der Waals surface area contributed by atoms with Crippen molar-refractivity contribution in [2.75, 3.05) is 26.3 Å². The Kier molecular flexibility index (Phi) is 7.95. The highest BCUT2D eigenvalue weighted by Crippen LogP contribution is 2.21. The van der Waals surface area contributed by atoms with E-state index >= 15 is 0 Å². The van der Waals surface area contributed by atoms with E-state index in [1.165, 1.54) is 0 Å².